The molecule has 1 unspecified atom stereocenters. The van der Waals surface area contributed by atoms with Gasteiger partial charge in [0.2, 0.25) is 0 Å². The van der Waals surface area contributed by atoms with Gasteiger partial charge in [0.1, 0.15) is 19.8 Å². The van der Waals surface area contributed by atoms with Crippen LogP contribution in [-0.2, 0) is 11.3 Å². The van der Waals surface area contributed by atoms with E-state index in [2.05, 4.69) is 46.6 Å². The molecule has 3 aromatic rings. The van der Waals surface area contributed by atoms with E-state index < -0.39 is 6.09 Å². The van der Waals surface area contributed by atoms with E-state index in [-0.39, 0.29) is 12.6 Å². The highest BCUT2D eigenvalue weighted by Crippen LogP contribution is 2.38. The fourth-order valence-corrected chi connectivity index (χ4v) is 4.21. The Hall–Kier alpha value is -3.67. The SMILES string of the molecule is CC(NC(=O)OCc1ccccc1)c1ccc(C2CN(c3ccc4c(c3)OCCO4)C2)cc1. The van der Waals surface area contributed by atoms with Gasteiger partial charge in [0, 0.05) is 30.8 Å². The number of carbonyl (C=O) groups is 1. The lowest BCUT2D eigenvalue weighted by atomic mass is 9.90. The number of ether oxygens (including phenoxy) is 3. The van der Waals surface area contributed by atoms with Crippen molar-refractivity contribution in [1.29, 1.82) is 0 Å². The van der Waals surface area contributed by atoms with Crippen molar-refractivity contribution >= 4 is 11.8 Å². The molecule has 0 spiro atoms. The molecular formula is C27H28N2O4. The number of rotatable bonds is 6. The molecule has 0 saturated carbocycles. The molecular weight excluding hydrogens is 416 g/mol. The van der Waals surface area contributed by atoms with Crippen molar-refractivity contribution in [2.24, 2.45) is 0 Å². The van der Waals surface area contributed by atoms with Crippen LogP contribution in [0.4, 0.5) is 10.5 Å². The molecule has 6 heteroatoms. The summed E-state index contributed by atoms with van der Waals surface area (Å²) in [5, 5.41) is 2.91. The Kier molecular flexibility index (Phi) is 6.07. The smallest absolute Gasteiger partial charge is 0.407 e. The van der Waals surface area contributed by atoms with Gasteiger partial charge in [-0.1, -0.05) is 54.6 Å². The van der Waals surface area contributed by atoms with Gasteiger partial charge < -0.3 is 24.4 Å². The number of carbonyl (C=O) groups excluding carboxylic acids is 1. The van der Waals surface area contributed by atoms with Crippen LogP contribution in [0.15, 0.2) is 72.8 Å². The van der Waals surface area contributed by atoms with E-state index in [4.69, 9.17) is 14.2 Å². The Morgan fingerprint density at radius 2 is 1.73 bits per heavy atom. The van der Waals surface area contributed by atoms with Gasteiger partial charge in [0.25, 0.3) is 0 Å². The summed E-state index contributed by atoms with van der Waals surface area (Å²) >= 11 is 0. The van der Waals surface area contributed by atoms with Crippen LogP contribution >= 0.6 is 0 Å². The maximum atomic E-state index is 12.1. The van der Waals surface area contributed by atoms with Gasteiger partial charge in [-0.15, -0.1) is 0 Å². The lowest BCUT2D eigenvalue weighted by molar-refractivity contribution is 0.136. The number of anilines is 1. The second-order valence-corrected chi connectivity index (χ2v) is 8.52. The summed E-state index contributed by atoms with van der Waals surface area (Å²) in [4.78, 5) is 14.5. The Bertz CT molecular complexity index is 1090. The normalized spacial score (nSPS) is 16.0. The molecule has 1 N–H and O–H groups in total. The van der Waals surface area contributed by atoms with Crippen LogP contribution in [0.3, 0.4) is 0 Å². The van der Waals surface area contributed by atoms with Crippen LogP contribution in [0.25, 0.3) is 0 Å². The van der Waals surface area contributed by atoms with Crippen LogP contribution in [-0.4, -0.2) is 32.4 Å². The van der Waals surface area contributed by atoms with Crippen LogP contribution in [0.1, 0.15) is 35.6 Å². The molecule has 2 aliphatic heterocycles. The van der Waals surface area contributed by atoms with E-state index in [0.29, 0.717) is 19.1 Å². The summed E-state index contributed by atoms with van der Waals surface area (Å²) in [7, 11) is 0. The summed E-state index contributed by atoms with van der Waals surface area (Å²) in [6, 6.07) is 24.2. The fourth-order valence-electron chi connectivity index (χ4n) is 4.21. The number of benzene rings is 3. The number of hydrogen-bond acceptors (Lipinski definition) is 5. The maximum absolute atomic E-state index is 12.1. The van der Waals surface area contributed by atoms with Crippen molar-refractivity contribution in [2.45, 2.75) is 25.5 Å². The minimum Gasteiger partial charge on any atom is -0.486 e. The molecule has 0 bridgehead atoms. The number of alkyl carbamates (subject to hydrolysis) is 1. The summed E-state index contributed by atoms with van der Waals surface area (Å²) in [6.07, 6.45) is -0.413. The maximum Gasteiger partial charge on any atom is 0.407 e. The first-order valence-corrected chi connectivity index (χ1v) is 11.4. The van der Waals surface area contributed by atoms with Crippen LogP contribution in [0.5, 0.6) is 11.5 Å². The van der Waals surface area contributed by atoms with Crippen molar-refractivity contribution in [3.05, 3.63) is 89.5 Å². The first kappa shape index (κ1) is 21.2. The van der Waals surface area contributed by atoms with Crippen molar-refractivity contribution in [1.82, 2.24) is 5.32 Å². The third kappa shape index (κ3) is 4.90. The molecule has 1 amide bonds. The number of hydrogen-bond donors (Lipinski definition) is 1. The van der Waals surface area contributed by atoms with Crippen molar-refractivity contribution in [2.75, 3.05) is 31.2 Å². The van der Waals surface area contributed by atoms with Gasteiger partial charge in [-0.05, 0) is 35.7 Å². The average molecular weight is 445 g/mol. The van der Waals surface area contributed by atoms with Gasteiger partial charge in [0.05, 0.1) is 6.04 Å². The monoisotopic (exact) mass is 444 g/mol. The molecule has 6 nitrogen and oxygen atoms in total. The zero-order chi connectivity index (χ0) is 22.6. The molecule has 5 rings (SSSR count). The molecule has 1 saturated heterocycles. The molecule has 170 valence electrons. The third-order valence-electron chi connectivity index (χ3n) is 6.23. The number of nitrogens with one attached hydrogen (secondary N) is 1. The summed E-state index contributed by atoms with van der Waals surface area (Å²) in [6.45, 7) is 5.38. The topological polar surface area (TPSA) is 60.0 Å². The van der Waals surface area contributed by atoms with Crippen molar-refractivity contribution in [3.63, 3.8) is 0 Å². The second-order valence-electron chi connectivity index (χ2n) is 8.52. The lowest BCUT2D eigenvalue weighted by Crippen LogP contribution is -2.45. The number of fused-ring (bicyclic) bond motifs is 1. The Balaban J connectivity index is 1.11. The zero-order valence-electron chi connectivity index (χ0n) is 18.7. The molecule has 0 aromatic heterocycles. The highest BCUT2D eigenvalue weighted by Gasteiger charge is 2.29. The van der Waals surface area contributed by atoms with E-state index >= 15 is 0 Å². The second kappa shape index (κ2) is 9.45. The molecule has 3 aromatic carbocycles. The predicted octanol–water partition coefficient (Wildman–Crippen LogP) is 5.05. The minimum atomic E-state index is -0.413. The van der Waals surface area contributed by atoms with E-state index in [0.717, 1.165) is 35.7 Å². The zero-order valence-corrected chi connectivity index (χ0v) is 18.7. The Morgan fingerprint density at radius 1 is 1.00 bits per heavy atom. The van der Waals surface area contributed by atoms with E-state index in [1.807, 2.05) is 43.3 Å². The highest BCUT2D eigenvalue weighted by molar-refractivity contribution is 5.68. The molecule has 0 radical (unpaired) electrons. The predicted molar refractivity (Wildman–Crippen MR) is 127 cm³/mol. The minimum absolute atomic E-state index is 0.127. The van der Waals surface area contributed by atoms with E-state index in [1.165, 1.54) is 11.3 Å². The lowest BCUT2D eigenvalue weighted by Gasteiger charge is -2.41. The Morgan fingerprint density at radius 3 is 2.48 bits per heavy atom. The summed E-state index contributed by atoms with van der Waals surface area (Å²) in [5.41, 5.74) is 4.50. The third-order valence-corrected chi connectivity index (χ3v) is 6.23. The number of nitrogens with zero attached hydrogens (tertiary/aromatic N) is 1. The largest absolute Gasteiger partial charge is 0.486 e. The number of amides is 1. The van der Waals surface area contributed by atoms with Crippen LogP contribution < -0.4 is 19.7 Å². The van der Waals surface area contributed by atoms with Gasteiger partial charge >= 0.3 is 6.09 Å². The molecule has 1 fully saturated rings. The Labute approximate surface area is 194 Å². The molecule has 2 heterocycles. The quantitative estimate of drug-likeness (QED) is 0.577. The van der Waals surface area contributed by atoms with Gasteiger partial charge in [-0.3, -0.25) is 0 Å². The van der Waals surface area contributed by atoms with Crippen molar-refractivity contribution < 1.29 is 19.0 Å². The molecule has 0 aliphatic carbocycles. The van der Waals surface area contributed by atoms with E-state index in [1.54, 1.807) is 0 Å². The fraction of sp³-hybridized carbons (Fsp3) is 0.296. The van der Waals surface area contributed by atoms with Gasteiger partial charge in [-0.2, -0.15) is 0 Å². The average Bonchev–Trinajstić information content (AvgIpc) is 2.83. The van der Waals surface area contributed by atoms with Crippen LogP contribution in [0.2, 0.25) is 0 Å². The van der Waals surface area contributed by atoms with Gasteiger partial charge in [-0.25, -0.2) is 4.79 Å². The molecule has 2 aliphatic rings. The van der Waals surface area contributed by atoms with Crippen LogP contribution in [0, 0.1) is 0 Å². The molecule has 33 heavy (non-hydrogen) atoms. The summed E-state index contributed by atoms with van der Waals surface area (Å²) < 4.78 is 16.6. The van der Waals surface area contributed by atoms with E-state index in [9.17, 15) is 4.79 Å². The first-order chi connectivity index (χ1) is 16.2. The van der Waals surface area contributed by atoms with Gasteiger partial charge in [0.15, 0.2) is 11.5 Å². The van der Waals surface area contributed by atoms with Crippen molar-refractivity contribution in [3.8, 4) is 11.5 Å². The summed E-state index contributed by atoms with van der Waals surface area (Å²) in [5.74, 6) is 2.14. The standard InChI is InChI=1S/C27H28N2O4/c1-19(28-27(30)33-18-20-5-3-2-4-6-20)21-7-9-22(10-8-21)23-16-29(17-23)24-11-12-25-26(15-24)32-14-13-31-25/h2-12,15,19,23H,13-14,16-18H2,1H3,(H,28,30). The highest BCUT2D eigenvalue weighted by atomic mass is 16.6. The first-order valence-electron chi connectivity index (χ1n) is 11.4. The molecule has 1 atom stereocenters.